The molecule has 0 bridgehead atoms. The van der Waals surface area contributed by atoms with E-state index in [0.29, 0.717) is 16.3 Å². The predicted octanol–water partition coefficient (Wildman–Crippen LogP) is 4.12. The summed E-state index contributed by atoms with van der Waals surface area (Å²) in [5.74, 6) is -1.24. The van der Waals surface area contributed by atoms with Gasteiger partial charge in [-0.3, -0.25) is 14.4 Å². The van der Waals surface area contributed by atoms with Crippen LogP contribution in [0.2, 0.25) is 5.02 Å². The minimum absolute atomic E-state index is 0.0773. The molecule has 0 atom stereocenters. The monoisotopic (exact) mass is 377 g/mol. The molecular weight excluding hydrogens is 362 g/mol. The first kappa shape index (κ1) is 19.0. The van der Waals surface area contributed by atoms with Gasteiger partial charge in [0.25, 0.3) is 0 Å². The fourth-order valence-electron chi connectivity index (χ4n) is 2.02. The van der Waals surface area contributed by atoms with Crippen LogP contribution in [-0.4, -0.2) is 28.5 Å². The van der Waals surface area contributed by atoms with E-state index in [2.05, 4.69) is 5.32 Å². The number of carboxylic acids is 1. The molecule has 0 aliphatic heterocycles. The van der Waals surface area contributed by atoms with Crippen LogP contribution in [-0.2, 0) is 9.59 Å². The van der Waals surface area contributed by atoms with E-state index >= 15 is 0 Å². The number of Topliss-reactive ketones (excluding diaryl/α,β-unsaturated/α-hetero) is 1. The van der Waals surface area contributed by atoms with E-state index in [-0.39, 0.29) is 30.3 Å². The zero-order valence-electron chi connectivity index (χ0n) is 13.2. The van der Waals surface area contributed by atoms with Crippen LogP contribution in [0, 0.1) is 0 Å². The van der Waals surface area contributed by atoms with E-state index in [1.807, 2.05) is 6.07 Å². The summed E-state index contributed by atoms with van der Waals surface area (Å²) in [4.78, 5) is 35.2. The molecule has 2 rings (SSSR count). The van der Waals surface area contributed by atoms with Gasteiger partial charge in [-0.2, -0.15) is 0 Å². The minimum Gasteiger partial charge on any atom is -0.481 e. The normalized spacial score (nSPS) is 10.3. The Hall–Kier alpha value is -2.31. The van der Waals surface area contributed by atoms with Gasteiger partial charge in [0.05, 0.1) is 17.2 Å². The number of ketones is 1. The van der Waals surface area contributed by atoms with E-state index in [1.54, 1.807) is 42.5 Å². The number of carboxylic acid groups (broad SMARTS) is 1. The number of nitrogens with one attached hydrogen (secondary N) is 1. The molecule has 0 saturated heterocycles. The Labute approximate surface area is 154 Å². The van der Waals surface area contributed by atoms with Crippen LogP contribution in [0.5, 0.6) is 0 Å². The number of amides is 1. The van der Waals surface area contributed by atoms with Crippen LogP contribution in [0.3, 0.4) is 0 Å². The highest BCUT2D eigenvalue weighted by molar-refractivity contribution is 8.00. The van der Waals surface area contributed by atoms with Gasteiger partial charge in [-0.05, 0) is 30.3 Å². The molecule has 2 aromatic carbocycles. The Kier molecular flexibility index (Phi) is 7.03. The highest BCUT2D eigenvalue weighted by atomic mass is 35.5. The van der Waals surface area contributed by atoms with E-state index in [0.717, 1.165) is 4.90 Å². The number of benzene rings is 2. The summed E-state index contributed by atoms with van der Waals surface area (Å²) in [6.07, 6.45) is -0.301. The predicted molar refractivity (Wildman–Crippen MR) is 98.4 cm³/mol. The Balaban J connectivity index is 1.93. The lowest BCUT2D eigenvalue weighted by molar-refractivity contribution is -0.138. The van der Waals surface area contributed by atoms with Crippen molar-refractivity contribution < 1.29 is 19.5 Å². The molecular formula is C18H16ClNO4S. The van der Waals surface area contributed by atoms with Gasteiger partial charge in [0.15, 0.2) is 5.78 Å². The van der Waals surface area contributed by atoms with Crippen molar-refractivity contribution >= 4 is 46.7 Å². The van der Waals surface area contributed by atoms with Gasteiger partial charge in [-0.15, -0.1) is 11.8 Å². The number of halogens is 1. The first-order chi connectivity index (χ1) is 12.0. The lowest BCUT2D eigenvalue weighted by Gasteiger charge is -2.07. The largest absolute Gasteiger partial charge is 0.481 e. The molecule has 0 aliphatic rings. The van der Waals surface area contributed by atoms with Crippen LogP contribution in [0.4, 0.5) is 5.69 Å². The van der Waals surface area contributed by atoms with Crippen molar-refractivity contribution in [2.75, 3.05) is 11.1 Å². The summed E-state index contributed by atoms with van der Waals surface area (Å²) >= 11 is 7.35. The maximum absolute atomic E-state index is 12.2. The molecule has 0 heterocycles. The number of hydrogen-bond donors (Lipinski definition) is 2. The fourth-order valence-corrected chi connectivity index (χ4v) is 3.10. The molecule has 0 radical (unpaired) electrons. The zero-order chi connectivity index (χ0) is 18.2. The van der Waals surface area contributed by atoms with Gasteiger partial charge in [0.2, 0.25) is 5.91 Å². The Morgan fingerprint density at radius 1 is 1.04 bits per heavy atom. The molecule has 0 aliphatic carbocycles. The zero-order valence-corrected chi connectivity index (χ0v) is 14.8. The smallest absolute Gasteiger partial charge is 0.303 e. The van der Waals surface area contributed by atoms with Gasteiger partial charge in [0, 0.05) is 22.6 Å². The second-order valence-corrected chi connectivity index (χ2v) is 6.62. The summed E-state index contributed by atoms with van der Waals surface area (Å²) in [6, 6.07) is 13.9. The number of carbonyl (C=O) groups excluding carboxylic acids is 2. The number of anilines is 1. The maximum Gasteiger partial charge on any atom is 0.303 e. The SMILES string of the molecule is O=C(O)CCC(=O)Nc1cccc(SCC(=O)c2ccccc2Cl)c1. The first-order valence-electron chi connectivity index (χ1n) is 7.48. The van der Waals surface area contributed by atoms with Crippen LogP contribution >= 0.6 is 23.4 Å². The first-order valence-corrected chi connectivity index (χ1v) is 8.84. The summed E-state index contributed by atoms with van der Waals surface area (Å²) in [7, 11) is 0. The van der Waals surface area contributed by atoms with Gasteiger partial charge in [0.1, 0.15) is 0 Å². The fraction of sp³-hybridized carbons (Fsp3) is 0.167. The molecule has 2 N–H and O–H groups in total. The summed E-state index contributed by atoms with van der Waals surface area (Å²) in [6.45, 7) is 0. The number of thioether (sulfide) groups is 1. The molecule has 5 nitrogen and oxygen atoms in total. The van der Waals surface area contributed by atoms with E-state index in [4.69, 9.17) is 16.7 Å². The number of aliphatic carboxylic acids is 1. The molecule has 0 saturated carbocycles. The average molecular weight is 378 g/mol. The molecule has 1 amide bonds. The lowest BCUT2D eigenvalue weighted by Crippen LogP contribution is -2.13. The Morgan fingerprint density at radius 2 is 1.80 bits per heavy atom. The average Bonchev–Trinajstić information content (AvgIpc) is 2.58. The van der Waals surface area contributed by atoms with Crippen molar-refractivity contribution in [2.24, 2.45) is 0 Å². The van der Waals surface area contributed by atoms with Crippen molar-refractivity contribution in [2.45, 2.75) is 17.7 Å². The molecule has 7 heteroatoms. The summed E-state index contributed by atoms with van der Waals surface area (Å²) in [5, 5.41) is 11.7. The Bertz CT molecular complexity index is 794. The minimum atomic E-state index is -1.02. The quantitative estimate of drug-likeness (QED) is 0.534. The van der Waals surface area contributed by atoms with Crippen LogP contribution in [0.1, 0.15) is 23.2 Å². The number of rotatable bonds is 8. The molecule has 0 fully saturated rings. The molecule has 0 spiro atoms. The van der Waals surface area contributed by atoms with Crippen molar-refractivity contribution in [3.63, 3.8) is 0 Å². The van der Waals surface area contributed by atoms with Crippen molar-refractivity contribution in [3.05, 3.63) is 59.1 Å². The lowest BCUT2D eigenvalue weighted by atomic mass is 10.1. The van der Waals surface area contributed by atoms with Crippen molar-refractivity contribution in [1.29, 1.82) is 0 Å². The van der Waals surface area contributed by atoms with Crippen LogP contribution in [0.15, 0.2) is 53.4 Å². The standard InChI is InChI=1S/C18H16ClNO4S/c19-15-7-2-1-6-14(15)16(21)11-25-13-5-3-4-12(10-13)20-17(22)8-9-18(23)24/h1-7,10H,8-9,11H2,(H,20,22)(H,23,24). The van der Waals surface area contributed by atoms with Crippen LogP contribution < -0.4 is 5.32 Å². The van der Waals surface area contributed by atoms with Crippen LogP contribution in [0.25, 0.3) is 0 Å². The molecule has 0 unspecified atom stereocenters. The Morgan fingerprint density at radius 3 is 2.52 bits per heavy atom. The maximum atomic E-state index is 12.2. The van der Waals surface area contributed by atoms with Gasteiger partial charge >= 0.3 is 5.97 Å². The van der Waals surface area contributed by atoms with Crippen molar-refractivity contribution in [3.8, 4) is 0 Å². The highest BCUT2D eigenvalue weighted by Gasteiger charge is 2.11. The molecule has 25 heavy (non-hydrogen) atoms. The summed E-state index contributed by atoms with van der Waals surface area (Å²) < 4.78 is 0. The number of carbonyl (C=O) groups is 3. The third kappa shape index (κ3) is 6.25. The van der Waals surface area contributed by atoms with Gasteiger partial charge < -0.3 is 10.4 Å². The molecule has 130 valence electrons. The molecule has 0 aromatic heterocycles. The number of hydrogen-bond acceptors (Lipinski definition) is 4. The third-order valence-corrected chi connectivity index (χ3v) is 4.55. The highest BCUT2D eigenvalue weighted by Crippen LogP contribution is 2.24. The van der Waals surface area contributed by atoms with E-state index < -0.39 is 5.97 Å². The molecule has 2 aromatic rings. The topological polar surface area (TPSA) is 83.5 Å². The van der Waals surface area contributed by atoms with E-state index in [1.165, 1.54) is 11.8 Å². The third-order valence-electron chi connectivity index (χ3n) is 3.23. The van der Waals surface area contributed by atoms with E-state index in [9.17, 15) is 14.4 Å². The van der Waals surface area contributed by atoms with Gasteiger partial charge in [-0.25, -0.2) is 0 Å². The second kappa shape index (κ2) is 9.25. The second-order valence-electron chi connectivity index (χ2n) is 5.16. The summed E-state index contributed by atoms with van der Waals surface area (Å²) in [5.41, 5.74) is 1.04. The van der Waals surface area contributed by atoms with Crippen molar-refractivity contribution in [1.82, 2.24) is 0 Å². The van der Waals surface area contributed by atoms with Gasteiger partial charge in [-0.1, -0.05) is 29.8 Å².